The van der Waals surface area contributed by atoms with Gasteiger partial charge in [-0.1, -0.05) is 6.42 Å². The molecule has 1 heterocycles. The van der Waals surface area contributed by atoms with Crippen LogP contribution >= 0.6 is 0 Å². The quantitative estimate of drug-likeness (QED) is 0.809. The van der Waals surface area contributed by atoms with Crippen LogP contribution in [0.5, 0.6) is 11.5 Å². The van der Waals surface area contributed by atoms with E-state index in [1.54, 1.807) is 12.1 Å². The molecule has 0 saturated heterocycles. The Labute approximate surface area is 106 Å². The molecule has 1 aliphatic heterocycles. The number of nitrogens with two attached hydrogens (primary N) is 1. The van der Waals surface area contributed by atoms with Crippen molar-refractivity contribution in [1.29, 1.82) is 0 Å². The first kappa shape index (κ1) is 11.5. The molecule has 2 aliphatic rings. The van der Waals surface area contributed by atoms with E-state index in [4.69, 9.17) is 15.2 Å². The molecule has 1 fully saturated rings. The molecule has 4 nitrogen and oxygen atoms in total. The van der Waals surface area contributed by atoms with E-state index in [1.807, 2.05) is 6.07 Å². The van der Waals surface area contributed by atoms with Crippen LogP contribution in [0.4, 0.5) is 0 Å². The first-order valence-electron chi connectivity index (χ1n) is 6.45. The molecule has 96 valence electrons. The van der Waals surface area contributed by atoms with Crippen LogP contribution < -0.4 is 15.2 Å². The van der Waals surface area contributed by atoms with Crippen molar-refractivity contribution in [1.82, 2.24) is 0 Å². The molecule has 0 bridgehead atoms. The van der Waals surface area contributed by atoms with Crippen LogP contribution in [0.15, 0.2) is 18.2 Å². The summed E-state index contributed by atoms with van der Waals surface area (Å²) in [5, 5.41) is 0. The Hall–Kier alpha value is -1.55. The van der Waals surface area contributed by atoms with Crippen LogP contribution in [0.1, 0.15) is 29.6 Å². The van der Waals surface area contributed by atoms with Crippen molar-refractivity contribution in [3.05, 3.63) is 23.8 Å². The van der Waals surface area contributed by atoms with Gasteiger partial charge in [-0.3, -0.25) is 4.79 Å². The SMILES string of the molecule is NC1CCCC1C(=O)c1ccc2c(c1)OCCO2. The highest BCUT2D eigenvalue weighted by Gasteiger charge is 2.31. The van der Waals surface area contributed by atoms with Crippen LogP contribution in [-0.2, 0) is 0 Å². The van der Waals surface area contributed by atoms with Crippen LogP contribution in [-0.4, -0.2) is 25.0 Å². The van der Waals surface area contributed by atoms with E-state index in [2.05, 4.69) is 0 Å². The summed E-state index contributed by atoms with van der Waals surface area (Å²) in [5.74, 6) is 1.48. The Balaban J connectivity index is 1.85. The summed E-state index contributed by atoms with van der Waals surface area (Å²) in [6.45, 7) is 1.10. The summed E-state index contributed by atoms with van der Waals surface area (Å²) in [4.78, 5) is 12.4. The monoisotopic (exact) mass is 247 g/mol. The summed E-state index contributed by atoms with van der Waals surface area (Å²) in [7, 11) is 0. The molecule has 1 aromatic rings. The second kappa shape index (κ2) is 4.61. The van der Waals surface area contributed by atoms with Gasteiger partial charge >= 0.3 is 0 Å². The molecule has 3 rings (SSSR count). The minimum atomic E-state index is -0.0347. The smallest absolute Gasteiger partial charge is 0.167 e. The van der Waals surface area contributed by atoms with Crippen molar-refractivity contribution in [2.45, 2.75) is 25.3 Å². The van der Waals surface area contributed by atoms with E-state index in [1.165, 1.54) is 0 Å². The van der Waals surface area contributed by atoms with E-state index in [0.29, 0.717) is 30.3 Å². The Kier molecular flexibility index (Phi) is 2.96. The average molecular weight is 247 g/mol. The van der Waals surface area contributed by atoms with Crippen LogP contribution in [0, 0.1) is 5.92 Å². The Morgan fingerprint density at radius 3 is 2.67 bits per heavy atom. The molecular weight excluding hydrogens is 230 g/mol. The molecule has 4 heteroatoms. The van der Waals surface area contributed by atoms with Crippen molar-refractivity contribution >= 4 is 5.78 Å². The lowest BCUT2D eigenvalue weighted by molar-refractivity contribution is 0.0912. The highest BCUT2D eigenvalue weighted by atomic mass is 16.6. The van der Waals surface area contributed by atoms with Gasteiger partial charge in [0.1, 0.15) is 13.2 Å². The number of benzene rings is 1. The summed E-state index contributed by atoms with van der Waals surface area (Å²) >= 11 is 0. The van der Waals surface area contributed by atoms with Crippen LogP contribution in [0.2, 0.25) is 0 Å². The maximum absolute atomic E-state index is 12.4. The molecular formula is C14H17NO3. The van der Waals surface area contributed by atoms with Gasteiger partial charge in [-0.05, 0) is 31.0 Å². The third-order valence-corrected chi connectivity index (χ3v) is 3.73. The minimum Gasteiger partial charge on any atom is -0.486 e. The molecule has 2 atom stereocenters. The molecule has 0 spiro atoms. The second-order valence-electron chi connectivity index (χ2n) is 4.92. The van der Waals surface area contributed by atoms with Crippen molar-refractivity contribution in [2.75, 3.05) is 13.2 Å². The molecule has 1 aromatic carbocycles. The molecule has 1 saturated carbocycles. The minimum absolute atomic E-state index is 0.00528. The number of ether oxygens (including phenoxy) is 2. The zero-order valence-corrected chi connectivity index (χ0v) is 10.2. The number of carbonyl (C=O) groups is 1. The number of Topliss-reactive ketones (excluding diaryl/α,β-unsaturated/α-hetero) is 1. The van der Waals surface area contributed by atoms with Crippen molar-refractivity contribution in [2.24, 2.45) is 11.7 Å². The van der Waals surface area contributed by atoms with E-state index in [9.17, 15) is 4.79 Å². The summed E-state index contributed by atoms with van der Waals surface area (Å²) in [5.41, 5.74) is 6.66. The van der Waals surface area contributed by atoms with Gasteiger partial charge in [0.2, 0.25) is 0 Å². The number of hydrogen-bond acceptors (Lipinski definition) is 4. The number of fused-ring (bicyclic) bond motifs is 1. The summed E-state index contributed by atoms with van der Waals surface area (Å²) < 4.78 is 10.9. The number of hydrogen-bond donors (Lipinski definition) is 1. The molecule has 0 radical (unpaired) electrons. The lowest BCUT2D eigenvalue weighted by Crippen LogP contribution is -2.30. The maximum Gasteiger partial charge on any atom is 0.167 e. The first-order valence-corrected chi connectivity index (χ1v) is 6.45. The van der Waals surface area contributed by atoms with Gasteiger partial charge in [0.15, 0.2) is 17.3 Å². The average Bonchev–Trinajstić information content (AvgIpc) is 2.83. The fourth-order valence-corrected chi connectivity index (χ4v) is 2.72. The van der Waals surface area contributed by atoms with Crippen molar-refractivity contribution in [3.63, 3.8) is 0 Å². The Morgan fingerprint density at radius 2 is 1.94 bits per heavy atom. The van der Waals surface area contributed by atoms with E-state index < -0.39 is 0 Å². The fraction of sp³-hybridized carbons (Fsp3) is 0.500. The highest BCUT2D eigenvalue weighted by molar-refractivity contribution is 5.99. The van der Waals surface area contributed by atoms with E-state index in [-0.39, 0.29) is 17.7 Å². The van der Waals surface area contributed by atoms with Crippen LogP contribution in [0.25, 0.3) is 0 Å². The van der Waals surface area contributed by atoms with Crippen molar-refractivity contribution < 1.29 is 14.3 Å². The largest absolute Gasteiger partial charge is 0.486 e. The molecule has 1 aliphatic carbocycles. The van der Waals surface area contributed by atoms with E-state index >= 15 is 0 Å². The van der Waals surface area contributed by atoms with Gasteiger partial charge in [-0.2, -0.15) is 0 Å². The standard InChI is InChI=1S/C14H17NO3/c15-11-3-1-2-10(11)14(16)9-4-5-12-13(8-9)18-7-6-17-12/h4-5,8,10-11H,1-3,6-7,15H2. The van der Waals surface area contributed by atoms with Gasteiger partial charge in [0, 0.05) is 17.5 Å². The lowest BCUT2D eigenvalue weighted by Gasteiger charge is -2.20. The van der Waals surface area contributed by atoms with E-state index in [0.717, 1.165) is 19.3 Å². The number of ketones is 1. The third-order valence-electron chi connectivity index (χ3n) is 3.73. The molecule has 2 unspecified atom stereocenters. The Bertz CT molecular complexity index is 472. The molecule has 0 aromatic heterocycles. The van der Waals surface area contributed by atoms with Gasteiger partial charge in [-0.25, -0.2) is 0 Å². The Morgan fingerprint density at radius 1 is 1.17 bits per heavy atom. The summed E-state index contributed by atoms with van der Waals surface area (Å²) in [6.07, 6.45) is 2.89. The fourth-order valence-electron chi connectivity index (χ4n) is 2.72. The lowest BCUT2D eigenvalue weighted by atomic mass is 9.93. The zero-order chi connectivity index (χ0) is 12.5. The predicted molar refractivity (Wildman–Crippen MR) is 67.1 cm³/mol. The van der Waals surface area contributed by atoms with Gasteiger partial charge < -0.3 is 15.2 Å². The topological polar surface area (TPSA) is 61.6 Å². The van der Waals surface area contributed by atoms with Gasteiger partial charge in [0.25, 0.3) is 0 Å². The third kappa shape index (κ3) is 1.97. The van der Waals surface area contributed by atoms with Crippen molar-refractivity contribution in [3.8, 4) is 11.5 Å². The molecule has 2 N–H and O–H groups in total. The van der Waals surface area contributed by atoms with Gasteiger partial charge in [0.05, 0.1) is 0 Å². The van der Waals surface area contributed by atoms with Crippen LogP contribution in [0.3, 0.4) is 0 Å². The zero-order valence-electron chi connectivity index (χ0n) is 10.2. The second-order valence-corrected chi connectivity index (χ2v) is 4.92. The highest BCUT2D eigenvalue weighted by Crippen LogP contribution is 2.33. The van der Waals surface area contributed by atoms with Gasteiger partial charge in [-0.15, -0.1) is 0 Å². The maximum atomic E-state index is 12.4. The molecule has 18 heavy (non-hydrogen) atoms. The normalized spacial score (nSPS) is 26.1. The number of rotatable bonds is 2. The first-order chi connectivity index (χ1) is 8.75. The predicted octanol–water partition coefficient (Wildman–Crippen LogP) is 1.77. The summed E-state index contributed by atoms with van der Waals surface area (Å²) in [6, 6.07) is 5.40. The molecule has 0 amide bonds. The number of carbonyl (C=O) groups excluding carboxylic acids is 1.